The van der Waals surface area contributed by atoms with Crippen LogP contribution in [-0.4, -0.2) is 13.7 Å². The summed E-state index contributed by atoms with van der Waals surface area (Å²) in [5.41, 5.74) is 1.31. The van der Waals surface area contributed by atoms with Gasteiger partial charge in [-0.25, -0.2) is 0 Å². The lowest BCUT2D eigenvalue weighted by Crippen LogP contribution is -2.14. The quantitative estimate of drug-likeness (QED) is 0.694. The van der Waals surface area contributed by atoms with Crippen LogP contribution in [0.5, 0.6) is 5.75 Å². The molecule has 0 aliphatic carbocycles. The summed E-state index contributed by atoms with van der Waals surface area (Å²) in [6, 6.07) is 8.21. The lowest BCUT2D eigenvalue weighted by atomic mass is 10.2. The first-order chi connectivity index (χ1) is 7.36. The van der Waals surface area contributed by atoms with Gasteiger partial charge in [0, 0.05) is 6.54 Å². The third-order valence-corrected chi connectivity index (χ3v) is 2.45. The number of methoxy groups -OCH3 is 1. The molecule has 0 saturated carbocycles. The molecule has 0 aliphatic heterocycles. The Bertz CT molecular complexity index is 256. The fourth-order valence-electron chi connectivity index (χ4n) is 1.48. The van der Waals surface area contributed by atoms with Crippen LogP contribution in [0.3, 0.4) is 0 Å². The average Bonchev–Trinajstić information content (AvgIpc) is 2.30. The monoisotopic (exact) mass is 207 g/mol. The molecule has 0 atom stereocenters. The highest BCUT2D eigenvalue weighted by Gasteiger charge is 1.93. The van der Waals surface area contributed by atoms with Crippen LogP contribution in [0.1, 0.15) is 31.7 Å². The molecule has 0 spiro atoms. The van der Waals surface area contributed by atoms with Crippen LogP contribution in [-0.2, 0) is 6.54 Å². The molecule has 84 valence electrons. The lowest BCUT2D eigenvalue weighted by Gasteiger charge is -2.05. The Morgan fingerprint density at radius 3 is 2.47 bits per heavy atom. The second-order valence-corrected chi connectivity index (χ2v) is 3.73. The summed E-state index contributed by atoms with van der Waals surface area (Å²) in [4.78, 5) is 0. The van der Waals surface area contributed by atoms with E-state index in [0.29, 0.717) is 0 Å². The zero-order chi connectivity index (χ0) is 10.9. The zero-order valence-corrected chi connectivity index (χ0v) is 9.75. The number of benzene rings is 1. The zero-order valence-electron chi connectivity index (χ0n) is 9.75. The minimum absolute atomic E-state index is 0.921. The van der Waals surface area contributed by atoms with E-state index >= 15 is 0 Å². The molecular weight excluding hydrogens is 186 g/mol. The number of nitrogens with one attached hydrogen (secondary N) is 1. The number of ether oxygens (including phenoxy) is 1. The molecular formula is C13H21NO. The van der Waals surface area contributed by atoms with Crippen molar-refractivity contribution < 1.29 is 4.74 Å². The fourth-order valence-corrected chi connectivity index (χ4v) is 1.48. The van der Waals surface area contributed by atoms with Gasteiger partial charge in [-0.3, -0.25) is 0 Å². The van der Waals surface area contributed by atoms with E-state index in [2.05, 4.69) is 24.4 Å². The second kappa shape index (κ2) is 7.30. The Labute approximate surface area is 92.6 Å². The van der Waals surface area contributed by atoms with Gasteiger partial charge in [0.05, 0.1) is 7.11 Å². The van der Waals surface area contributed by atoms with Crippen LogP contribution < -0.4 is 10.1 Å². The SMILES string of the molecule is CCCCCNCc1ccc(OC)cc1. The van der Waals surface area contributed by atoms with Crippen LogP contribution in [0.2, 0.25) is 0 Å². The van der Waals surface area contributed by atoms with E-state index in [1.54, 1.807) is 7.11 Å². The van der Waals surface area contributed by atoms with Gasteiger partial charge >= 0.3 is 0 Å². The van der Waals surface area contributed by atoms with E-state index in [-0.39, 0.29) is 0 Å². The maximum atomic E-state index is 5.11. The number of hydrogen-bond donors (Lipinski definition) is 1. The predicted molar refractivity (Wildman–Crippen MR) is 64.2 cm³/mol. The van der Waals surface area contributed by atoms with Gasteiger partial charge < -0.3 is 10.1 Å². The molecule has 0 bridgehead atoms. The standard InChI is InChI=1S/C13H21NO/c1-3-4-5-10-14-11-12-6-8-13(15-2)9-7-12/h6-9,14H,3-5,10-11H2,1-2H3. The molecule has 0 unspecified atom stereocenters. The summed E-state index contributed by atoms with van der Waals surface area (Å²) >= 11 is 0. The van der Waals surface area contributed by atoms with Crippen molar-refractivity contribution in [3.05, 3.63) is 29.8 Å². The van der Waals surface area contributed by atoms with E-state index < -0.39 is 0 Å². The maximum absolute atomic E-state index is 5.11. The van der Waals surface area contributed by atoms with Crippen molar-refractivity contribution in [3.8, 4) is 5.75 Å². The van der Waals surface area contributed by atoms with Crippen molar-refractivity contribution in [2.24, 2.45) is 0 Å². The molecule has 0 aliphatic rings. The van der Waals surface area contributed by atoms with Crippen molar-refractivity contribution in [1.82, 2.24) is 5.32 Å². The summed E-state index contributed by atoms with van der Waals surface area (Å²) in [6.45, 7) is 4.29. The van der Waals surface area contributed by atoms with Gasteiger partial charge in [0.2, 0.25) is 0 Å². The van der Waals surface area contributed by atoms with Gasteiger partial charge in [-0.1, -0.05) is 31.9 Å². The van der Waals surface area contributed by atoms with Crippen LogP contribution in [0.15, 0.2) is 24.3 Å². The van der Waals surface area contributed by atoms with Crippen LogP contribution >= 0.6 is 0 Å². The minimum atomic E-state index is 0.921. The molecule has 0 amide bonds. The van der Waals surface area contributed by atoms with Crippen LogP contribution in [0, 0.1) is 0 Å². The van der Waals surface area contributed by atoms with Crippen molar-refractivity contribution in [2.75, 3.05) is 13.7 Å². The van der Waals surface area contributed by atoms with E-state index in [4.69, 9.17) is 4.74 Å². The summed E-state index contributed by atoms with van der Waals surface area (Å²) in [5.74, 6) is 0.921. The van der Waals surface area contributed by atoms with Crippen molar-refractivity contribution in [2.45, 2.75) is 32.7 Å². The van der Waals surface area contributed by atoms with Crippen LogP contribution in [0.25, 0.3) is 0 Å². The Kier molecular flexibility index (Phi) is 5.86. The van der Waals surface area contributed by atoms with Gasteiger partial charge in [0.15, 0.2) is 0 Å². The number of hydrogen-bond acceptors (Lipinski definition) is 2. The Morgan fingerprint density at radius 1 is 1.13 bits per heavy atom. The highest BCUT2D eigenvalue weighted by molar-refractivity contribution is 5.26. The molecule has 0 aromatic heterocycles. The topological polar surface area (TPSA) is 21.3 Å². The molecule has 1 rings (SSSR count). The first kappa shape index (κ1) is 12.1. The van der Waals surface area contributed by atoms with Gasteiger partial charge in [-0.15, -0.1) is 0 Å². The summed E-state index contributed by atoms with van der Waals surface area (Å²) in [5, 5.41) is 3.43. The molecule has 0 saturated heterocycles. The third-order valence-electron chi connectivity index (χ3n) is 2.45. The number of unbranched alkanes of at least 4 members (excludes halogenated alkanes) is 2. The van der Waals surface area contributed by atoms with E-state index in [9.17, 15) is 0 Å². The first-order valence-electron chi connectivity index (χ1n) is 5.70. The first-order valence-corrected chi connectivity index (χ1v) is 5.70. The van der Waals surface area contributed by atoms with Crippen molar-refractivity contribution in [3.63, 3.8) is 0 Å². The highest BCUT2D eigenvalue weighted by Crippen LogP contribution is 2.10. The summed E-state index contributed by atoms with van der Waals surface area (Å²) in [7, 11) is 1.69. The van der Waals surface area contributed by atoms with E-state index in [1.165, 1.54) is 24.8 Å². The highest BCUT2D eigenvalue weighted by atomic mass is 16.5. The molecule has 1 N–H and O–H groups in total. The lowest BCUT2D eigenvalue weighted by molar-refractivity contribution is 0.414. The Hall–Kier alpha value is -1.02. The van der Waals surface area contributed by atoms with E-state index in [1.807, 2.05) is 12.1 Å². The normalized spacial score (nSPS) is 10.3. The fraction of sp³-hybridized carbons (Fsp3) is 0.538. The van der Waals surface area contributed by atoms with Gasteiger partial charge in [0.1, 0.15) is 5.75 Å². The average molecular weight is 207 g/mol. The molecule has 0 fully saturated rings. The molecule has 1 aromatic rings. The van der Waals surface area contributed by atoms with Crippen molar-refractivity contribution >= 4 is 0 Å². The van der Waals surface area contributed by atoms with Gasteiger partial charge in [-0.05, 0) is 30.7 Å². The molecule has 2 heteroatoms. The number of rotatable bonds is 7. The van der Waals surface area contributed by atoms with Gasteiger partial charge in [-0.2, -0.15) is 0 Å². The maximum Gasteiger partial charge on any atom is 0.118 e. The Balaban J connectivity index is 2.20. The minimum Gasteiger partial charge on any atom is -0.497 e. The summed E-state index contributed by atoms with van der Waals surface area (Å²) < 4.78 is 5.11. The second-order valence-electron chi connectivity index (χ2n) is 3.73. The van der Waals surface area contributed by atoms with E-state index in [0.717, 1.165) is 18.8 Å². The van der Waals surface area contributed by atoms with Crippen LogP contribution in [0.4, 0.5) is 0 Å². The van der Waals surface area contributed by atoms with Gasteiger partial charge in [0.25, 0.3) is 0 Å². The third kappa shape index (κ3) is 4.84. The molecule has 0 heterocycles. The smallest absolute Gasteiger partial charge is 0.118 e. The molecule has 0 radical (unpaired) electrons. The van der Waals surface area contributed by atoms with Crippen molar-refractivity contribution in [1.29, 1.82) is 0 Å². The largest absolute Gasteiger partial charge is 0.497 e. The molecule has 15 heavy (non-hydrogen) atoms. The molecule has 1 aromatic carbocycles. The molecule has 2 nitrogen and oxygen atoms in total. The summed E-state index contributed by atoms with van der Waals surface area (Å²) in [6.07, 6.45) is 3.87. The predicted octanol–water partition coefficient (Wildman–Crippen LogP) is 2.98. The Morgan fingerprint density at radius 2 is 1.87 bits per heavy atom.